The van der Waals surface area contributed by atoms with Crippen LogP contribution in [-0.4, -0.2) is 45.1 Å². The number of nitrogens with zero attached hydrogens (tertiary/aromatic N) is 2. The van der Waals surface area contributed by atoms with Crippen molar-refractivity contribution < 1.29 is 14.6 Å². The molecule has 1 aliphatic heterocycles. The van der Waals surface area contributed by atoms with E-state index in [-0.39, 0.29) is 5.56 Å². The van der Waals surface area contributed by atoms with Crippen molar-refractivity contribution in [3.05, 3.63) is 77.5 Å². The first kappa shape index (κ1) is 18.6. The number of para-hydroxylation sites is 1. The zero-order valence-electron chi connectivity index (χ0n) is 16.2. The van der Waals surface area contributed by atoms with E-state index in [0.29, 0.717) is 43.0 Å². The molecular formula is C23H21N3O4. The van der Waals surface area contributed by atoms with Gasteiger partial charge in [-0.05, 0) is 29.8 Å². The fourth-order valence-corrected chi connectivity index (χ4v) is 3.65. The third kappa shape index (κ3) is 3.38. The minimum atomic E-state index is -0.757. The second kappa shape index (κ2) is 7.44. The van der Waals surface area contributed by atoms with E-state index in [0.717, 1.165) is 16.8 Å². The highest BCUT2D eigenvalue weighted by molar-refractivity contribution is 5.94. The molecule has 7 nitrogen and oxygen atoms in total. The molecule has 2 aromatic heterocycles. The highest BCUT2D eigenvalue weighted by atomic mass is 16.5. The molecule has 2 aromatic carbocycles. The van der Waals surface area contributed by atoms with Gasteiger partial charge in [-0.25, -0.2) is 4.98 Å². The van der Waals surface area contributed by atoms with Crippen molar-refractivity contribution in [1.29, 1.82) is 0 Å². The Morgan fingerprint density at radius 1 is 1.13 bits per heavy atom. The Bertz CT molecular complexity index is 1230. The van der Waals surface area contributed by atoms with Crippen LogP contribution in [0.25, 0.3) is 27.8 Å². The number of benzene rings is 2. The minimum absolute atomic E-state index is 0.180. The summed E-state index contributed by atoms with van der Waals surface area (Å²) in [6, 6.07) is 17.4. The highest BCUT2D eigenvalue weighted by Crippen LogP contribution is 2.30. The van der Waals surface area contributed by atoms with Crippen molar-refractivity contribution in [2.45, 2.75) is 12.0 Å². The van der Waals surface area contributed by atoms with Gasteiger partial charge in [0.2, 0.25) is 0 Å². The van der Waals surface area contributed by atoms with Crippen LogP contribution in [0.3, 0.4) is 0 Å². The molecular weight excluding hydrogens is 382 g/mol. The smallest absolute Gasteiger partial charge is 0.260 e. The van der Waals surface area contributed by atoms with Gasteiger partial charge in [0.25, 0.3) is 5.56 Å². The van der Waals surface area contributed by atoms with Crippen LogP contribution in [-0.2, 0) is 4.74 Å². The molecule has 0 amide bonds. The van der Waals surface area contributed by atoms with Crippen LogP contribution in [0, 0.1) is 0 Å². The SMILES string of the molecule is O=c1[nH]cnc2c1c(-c1ccc(OCCC3(O)COC3)cc1)cn2-c1ccccc1. The number of nitrogens with one attached hydrogen (secondary N) is 1. The van der Waals surface area contributed by atoms with Crippen molar-refractivity contribution in [3.8, 4) is 22.6 Å². The van der Waals surface area contributed by atoms with E-state index in [1.165, 1.54) is 6.33 Å². The van der Waals surface area contributed by atoms with Gasteiger partial charge >= 0.3 is 0 Å². The van der Waals surface area contributed by atoms with Gasteiger partial charge in [-0.2, -0.15) is 0 Å². The molecule has 1 saturated heterocycles. The van der Waals surface area contributed by atoms with Crippen molar-refractivity contribution in [3.63, 3.8) is 0 Å². The Morgan fingerprint density at radius 2 is 1.90 bits per heavy atom. The molecule has 0 aliphatic carbocycles. The number of hydrogen-bond donors (Lipinski definition) is 2. The number of aliphatic hydroxyl groups is 1. The van der Waals surface area contributed by atoms with Crippen molar-refractivity contribution >= 4 is 11.0 Å². The minimum Gasteiger partial charge on any atom is -0.493 e. The van der Waals surface area contributed by atoms with Crippen LogP contribution in [0.4, 0.5) is 0 Å². The lowest BCUT2D eigenvalue weighted by molar-refractivity contribution is -0.184. The third-order valence-corrected chi connectivity index (χ3v) is 5.37. The average Bonchev–Trinajstić information content (AvgIpc) is 3.15. The van der Waals surface area contributed by atoms with Gasteiger partial charge in [0.1, 0.15) is 11.4 Å². The maximum absolute atomic E-state index is 12.6. The van der Waals surface area contributed by atoms with E-state index < -0.39 is 5.60 Å². The quantitative estimate of drug-likeness (QED) is 0.517. The Morgan fingerprint density at radius 3 is 2.60 bits per heavy atom. The zero-order valence-corrected chi connectivity index (χ0v) is 16.2. The van der Waals surface area contributed by atoms with E-state index in [9.17, 15) is 9.90 Å². The van der Waals surface area contributed by atoms with Crippen molar-refractivity contribution in [2.75, 3.05) is 19.8 Å². The molecule has 0 atom stereocenters. The lowest BCUT2D eigenvalue weighted by atomic mass is 9.99. The number of aromatic nitrogens is 3. The first-order valence-electron chi connectivity index (χ1n) is 9.81. The van der Waals surface area contributed by atoms with Crippen LogP contribution < -0.4 is 10.3 Å². The number of ether oxygens (including phenoxy) is 2. The predicted octanol–water partition coefficient (Wildman–Crippen LogP) is 2.91. The van der Waals surface area contributed by atoms with Crippen LogP contribution in [0.1, 0.15) is 6.42 Å². The summed E-state index contributed by atoms with van der Waals surface area (Å²) < 4.78 is 12.7. The molecule has 1 fully saturated rings. The van der Waals surface area contributed by atoms with Crippen LogP contribution in [0.15, 0.2) is 71.9 Å². The molecule has 0 bridgehead atoms. The molecule has 1 aliphatic rings. The summed E-state index contributed by atoms with van der Waals surface area (Å²) >= 11 is 0. The summed E-state index contributed by atoms with van der Waals surface area (Å²) in [6.45, 7) is 1.14. The molecule has 0 spiro atoms. The van der Waals surface area contributed by atoms with Gasteiger partial charge in [-0.15, -0.1) is 0 Å². The van der Waals surface area contributed by atoms with Crippen LogP contribution in [0.2, 0.25) is 0 Å². The Balaban J connectivity index is 1.45. The molecule has 4 aromatic rings. The molecule has 0 unspecified atom stereocenters. The molecule has 5 rings (SSSR count). The first-order chi connectivity index (χ1) is 14.6. The fraction of sp³-hybridized carbons (Fsp3) is 0.217. The number of rotatable bonds is 6. The number of fused-ring (bicyclic) bond motifs is 1. The standard InChI is InChI=1S/C23H21N3O4/c27-22-20-19(12-26(21(20)24-15-25-22)17-4-2-1-3-5-17)16-6-8-18(9-7-16)30-11-10-23(28)13-29-14-23/h1-9,12,15,28H,10-11,13-14H2,(H,24,25,27). The second-order valence-electron chi connectivity index (χ2n) is 7.52. The number of hydrogen-bond acceptors (Lipinski definition) is 5. The van der Waals surface area contributed by atoms with Crippen molar-refractivity contribution in [2.24, 2.45) is 0 Å². The highest BCUT2D eigenvalue weighted by Gasteiger charge is 2.35. The average molecular weight is 403 g/mol. The summed E-state index contributed by atoms with van der Waals surface area (Å²) in [6.07, 6.45) is 3.89. The van der Waals surface area contributed by atoms with Crippen molar-refractivity contribution in [1.82, 2.24) is 14.5 Å². The third-order valence-electron chi connectivity index (χ3n) is 5.37. The largest absolute Gasteiger partial charge is 0.493 e. The zero-order chi connectivity index (χ0) is 20.6. The summed E-state index contributed by atoms with van der Waals surface area (Å²) in [5.41, 5.74) is 2.30. The summed E-state index contributed by atoms with van der Waals surface area (Å²) in [4.78, 5) is 19.7. The fourth-order valence-electron chi connectivity index (χ4n) is 3.65. The summed E-state index contributed by atoms with van der Waals surface area (Å²) in [5, 5.41) is 10.6. The van der Waals surface area contributed by atoms with E-state index in [1.807, 2.05) is 65.4 Å². The van der Waals surface area contributed by atoms with Gasteiger partial charge in [0.05, 0.1) is 31.5 Å². The lowest BCUT2D eigenvalue weighted by Gasteiger charge is -2.36. The van der Waals surface area contributed by atoms with E-state index in [2.05, 4.69) is 9.97 Å². The Kier molecular flexibility index (Phi) is 4.61. The first-order valence-corrected chi connectivity index (χ1v) is 9.81. The van der Waals surface area contributed by atoms with Crippen LogP contribution >= 0.6 is 0 Å². The van der Waals surface area contributed by atoms with Gasteiger partial charge in [0.15, 0.2) is 5.65 Å². The van der Waals surface area contributed by atoms with Gasteiger partial charge in [0, 0.05) is 23.9 Å². The number of aromatic amines is 1. The molecule has 3 heterocycles. The van der Waals surface area contributed by atoms with Gasteiger partial charge in [-0.3, -0.25) is 4.79 Å². The van der Waals surface area contributed by atoms with Crippen LogP contribution in [0.5, 0.6) is 5.75 Å². The van der Waals surface area contributed by atoms with Gasteiger partial charge in [-0.1, -0.05) is 30.3 Å². The molecule has 0 saturated carbocycles. The Labute approximate surface area is 172 Å². The molecule has 2 N–H and O–H groups in total. The van der Waals surface area contributed by atoms with E-state index in [1.54, 1.807) is 0 Å². The summed E-state index contributed by atoms with van der Waals surface area (Å²) in [7, 11) is 0. The second-order valence-corrected chi connectivity index (χ2v) is 7.52. The Hall–Kier alpha value is -3.42. The maximum atomic E-state index is 12.6. The van der Waals surface area contributed by atoms with E-state index in [4.69, 9.17) is 9.47 Å². The van der Waals surface area contributed by atoms with Gasteiger partial charge < -0.3 is 24.1 Å². The number of H-pyrrole nitrogens is 1. The molecule has 30 heavy (non-hydrogen) atoms. The molecule has 7 heteroatoms. The molecule has 152 valence electrons. The van der Waals surface area contributed by atoms with E-state index >= 15 is 0 Å². The lowest BCUT2D eigenvalue weighted by Crippen LogP contribution is -2.50. The maximum Gasteiger partial charge on any atom is 0.260 e. The predicted molar refractivity (Wildman–Crippen MR) is 113 cm³/mol. The summed E-state index contributed by atoms with van der Waals surface area (Å²) in [5.74, 6) is 0.710. The normalized spacial score (nSPS) is 15.1. The monoisotopic (exact) mass is 403 g/mol. The topological polar surface area (TPSA) is 89.4 Å². The molecule has 0 radical (unpaired) electrons.